The van der Waals surface area contributed by atoms with Crippen LogP contribution in [-0.4, -0.2) is 34.8 Å². The van der Waals surface area contributed by atoms with Crippen molar-refractivity contribution in [1.29, 1.82) is 0 Å². The minimum Gasteiger partial charge on any atom is -0.495 e. The van der Waals surface area contributed by atoms with Crippen LogP contribution in [0.3, 0.4) is 0 Å². The molecule has 0 aliphatic carbocycles. The zero-order valence-corrected chi connectivity index (χ0v) is 15.9. The fourth-order valence-corrected chi connectivity index (χ4v) is 2.69. The van der Waals surface area contributed by atoms with E-state index in [0.29, 0.717) is 28.2 Å². The summed E-state index contributed by atoms with van der Waals surface area (Å²) in [5, 5.41) is 16.2. The van der Waals surface area contributed by atoms with Crippen molar-refractivity contribution in [3.05, 3.63) is 59.6 Å². The Kier molecular flexibility index (Phi) is 6.11. The second-order valence-electron chi connectivity index (χ2n) is 6.03. The van der Waals surface area contributed by atoms with Gasteiger partial charge in [0.1, 0.15) is 11.6 Å². The first kappa shape index (κ1) is 18.9. The third kappa shape index (κ3) is 4.87. The van der Waals surface area contributed by atoms with Crippen molar-refractivity contribution in [2.45, 2.75) is 13.0 Å². The van der Waals surface area contributed by atoms with Crippen molar-refractivity contribution in [3.8, 4) is 17.0 Å². The quantitative estimate of drug-likeness (QED) is 0.562. The normalized spacial score (nSPS) is 11.7. The number of halogens is 1. The van der Waals surface area contributed by atoms with Crippen LogP contribution in [0.2, 0.25) is 5.02 Å². The minimum atomic E-state index is -0.176. The van der Waals surface area contributed by atoms with Crippen LogP contribution in [0.15, 0.2) is 54.6 Å². The molecule has 1 heterocycles. The summed E-state index contributed by atoms with van der Waals surface area (Å²) in [6.07, 6.45) is 0. The fraction of sp³-hybridized carbons (Fsp3) is 0.200. The highest BCUT2D eigenvalue weighted by atomic mass is 35.5. The number of ether oxygens (including phenoxy) is 1. The van der Waals surface area contributed by atoms with E-state index in [-0.39, 0.29) is 12.6 Å². The lowest BCUT2D eigenvalue weighted by atomic mass is 10.1. The molecular formula is C20H21ClN4O2. The highest BCUT2D eigenvalue weighted by molar-refractivity contribution is 6.31. The molecule has 0 saturated carbocycles. The third-order valence-electron chi connectivity index (χ3n) is 3.87. The van der Waals surface area contributed by atoms with Gasteiger partial charge >= 0.3 is 0 Å². The van der Waals surface area contributed by atoms with Crippen molar-refractivity contribution < 1.29 is 9.84 Å². The Morgan fingerprint density at radius 3 is 2.59 bits per heavy atom. The molecule has 1 atom stereocenters. The average Bonchev–Trinajstić information content (AvgIpc) is 2.68. The molecule has 0 amide bonds. The number of rotatable bonds is 7. The van der Waals surface area contributed by atoms with E-state index in [9.17, 15) is 5.11 Å². The summed E-state index contributed by atoms with van der Waals surface area (Å²) in [5.41, 5.74) is 2.41. The Labute approximate surface area is 163 Å². The van der Waals surface area contributed by atoms with E-state index in [4.69, 9.17) is 16.3 Å². The van der Waals surface area contributed by atoms with Gasteiger partial charge in [-0.15, -0.1) is 0 Å². The van der Waals surface area contributed by atoms with E-state index in [1.807, 2.05) is 43.3 Å². The van der Waals surface area contributed by atoms with Crippen molar-refractivity contribution in [1.82, 2.24) is 9.97 Å². The van der Waals surface area contributed by atoms with Crippen molar-refractivity contribution >= 4 is 29.1 Å². The second kappa shape index (κ2) is 8.70. The van der Waals surface area contributed by atoms with E-state index < -0.39 is 0 Å². The topological polar surface area (TPSA) is 79.3 Å². The number of aromatic nitrogens is 2. The molecule has 1 aromatic heterocycles. The number of methoxy groups -OCH3 is 1. The van der Waals surface area contributed by atoms with Crippen LogP contribution in [0.4, 0.5) is 17.5 Å². The van der Waals surface area contributed by atoms with Crippen molar-refractivity contribution in [2.75, 3.05) is 24.4 Å². The first-order valence-electron chi connectivity index (χ1n) is 8.51. The molecule has 0 radical (unpaired) electrons. The number of hydrogen-bond donors (Lipinski definition) is 3. The molecule has 0 bridgehead atoms. The summed E-state index contributed by atoms with van der Waals surface area (Å²) in [6, 6.07) is 16.8. The number of nitrogens with one attached hydrogen (secondary N) is 2. The molecule has 0 unspecified atom stereocenters. The van der Waals surface area contributed by atoms with Crippen LogP contribution in [0, 0.1) is 0 Å². The summed E-state index contributed by atoms with van der Waals surface area (Å²) < 4.78 is 5.39. The molecule has 0 spiro atoms. The van der Waals surface area contributed by atoms with Gasteiger partial charge in [-0.05, 0) is 25.1 Å². The summed E-state index contributed by atoms with van der Waals surface area (Å²) in [7, 11) is 1.60. The Morgan fingerprint density at radius 2 is 1.89 bits per heavy atom. The van der Waals surface area contributed by atoms with Gasteiger partial charge in [0.2, 0.25) is 5.95 Å². The van der Waals surface area contributed by atoms with Gasteiger partial charge in [0.15, 0.2) is 0 Å². The maximum Gasteiger partial charge on any atom is 0.225 e. The monoisotopic (exact) mass is 384 g/mol. The van der Waals surface area contributed by atoms with Crippen LogP contribution in [0.25, 0.3) is 11.3 Å². The smallest absolute Gasteiger partial charge is 0.225 e. The minimum absolute atomic E-state index is 0.0240. The molecule has 0 saturated heterocycles. The van der Waals surface area contributed by atoms with Crippen LogP contribution >= 0.6 is 11.6 Å². The molecule has 0 fully saturated rings. The summed E-state index contributed by atoms with van der Waals surface area (Å²) in [6.45, 7) is 1.83. The molecule has 3 aromatic rings. The van der Waals surface area contributed by atoms with Gasteiger partial charge < -0.3 is 20.5 Å². The summed E-state index contributed by atoms with van der Waals surface area (Å²) in [4.78, 5) is 9.07. The van der Waals surface area contributed by atoms with Gasteiger partial charge in [0.05, 0.1) is 25.1 Å². The number of aliphatic hydroxyl groups excluding tert-OH is 1. The van der Waals surface area contributed by atoms with E-state index in [2.05, 4.69) is 20.6 Å². The molecule has 0 aliphatic rings. The zero-order chi connectivity index (χ0) is 19.2. The standard InChI is InChI=1S/C20H21ClN4O2/c1-13(12-26)22-20-24-16(14-6-4-3-5-7-14)11-19(25-20)23-17-10-15(21)8-9-18(17)27-2/h3-11,13,26H,12H2,1-2H3,(H2,22,23,24,25)/t13-/m1/s1. The van der Waals surface area contributed by atoms with Crippen LogP contribution in [0.1, 0.15) is 6.92 Å². The SMILES string of the molecule is COc1ccc(Cl)cc1Nc1cc(-c2ccccc2)nc(N[C@H](C)CO)n1. The predicted octanol–water partition coefficient (Wildman–Crippen LogP) is 4.34. The van der Waals surface area contributed by atoms with E-state index in [0.717, 1.165) is 11.3 Å². The van der Waals surface area contributed by atoms with Gasteiger partial charge in [-0.1, -0.05) is 41.9 Å². The second-order valence-corrected chi connectivity index (χ2v) is 6.46. The molecular weight excluding hydrogens is 364 g/mol. The lowest BCUT2D eigenvalue weighted by Gasteiger charge is -2.15. The molecule has 0 aliphatic heterocycles. The van der Waals surface area contributed by atoms with Gasteiger partial charge in [-0.25, -0.2) is 4.98 Å². The molecule has 140 valence electrons. The van der Waals surface area contributed by atoms with E-state index in [1.165, 1.54) is 0 Å². The Bertz CT molecular complexity index is 906. The molecule has 3 rings (SSSR count). The summed E-state index contributed by atoms with van der Waals surface area (Å²) >= 11 is 6.12. The molecule has 6 nitrogen and oxygen atoms in total. The fourth-order valence-electron chi connectivity index (χ4n) is 2.51. The van der Waals surface area contributed by atoms with E-state index >= 15 is 0 Å². The van der Waals surface area contributed by atoms with Crippen LogP contribution in [-0.2, 0) is 0 Å². The highest BCUT2D eigenvalue weighted by Crippen LogP contribution is 2.31. The number of aliphatic hydroxyl groups is 1. The third-order valence-corrected chi connectivity index (χ3v) is 4.10. The van der Waals surface area contributed by atoms with Crippen LogP contribution in [0.5, 0.6) is 5.75 Å². The van der Waals surface area contributed by atoms with Crippen molar-refractivity contribution in [3.63, 3.8) is 0 Å². The molecule has 27 heavy (non-hydrogen) atoms. The largest absolute Gasteiger partial charge is 0.495 e. The Morgan fingerprint density at radius 1 is 1.11 bits per heavy atom. The van der Waals surface area contributed by atoms with Gasteiger partial charge in [-0.3, -0.25) is 0 Å². The molecule has 7 heteroatoms. The van der Waals surface area contributed by atoms with E-state index in [1.54, 1.807) is 25.3 Å². The predicted molar refractivity (Wildman–Crippen MR) is 109 cm³/mol. The number of benzene rings is 2. The summed E-state index contributed by atoms with van der Waals surface area (Å²) in [5.74, 6) is 1.65. The maximum atomic E-state index is 9.32. The zero-order valence-electron chi connectivity index (χ0n) is 15.1. The number of hydrogen-bond acceptors (Lipinski definition) is 6. The maximum absolute atomic E-state index is 9.32. The Hall–Kier alpha value is -2.83. The first-order valence-corrected chi connectivity index (χ1v) is 8.89. The molecule has 3 N–H and O–H groups in total. The first-order chi connectivity index (χ1) is 13.1. The van der Waals surface area contributed by atoms with Crippen LogP contribution < -0.4 is 15.4 Å². The highest BCUT2D eigenvalue weighted by Gasteiger charge is 2.11. The van der Waals surface area contributed by atoms with Gasteiger partial charge in [0, 0.05) is 22.7 Å². The number of anilines is 3. The average molecular weight is 385 g/mol. The molecule has 2 aromatic carbocycles. The lowest BCUT2D eigenvalue weighted by molar-refractivity contribution is 0.281. The Balaban J connectivity index is 2.01. The van der Waals surface area contributed by atoms with Gasteiger partial charge in [0.25, 0.3) is 0 Å². The van der Waals surface area contributed by atoms with Gasteiger partial charge in [-0.2, -0.15) is 4.98 Å². The number of nitrogens with zero attached hydrogens (tertiary/aromatic N) is 2. The lowest BCUT2D eigenvalue weighted by Crippen LogP contribution is -2.21. The van der Waals surface area contributed by atoms with Crippen molar-refractivity contribution in [2.24, 2.45) is 0 Å².